The third kappa shape index (κ3) is 16.4. The minimum absolute atomic E-state index is 0. The molecule has 2 fully saturated rings. The summed E-state index contributed by atoms with van der Waals surface area (Å²) >= 11 is 0. The lowest BCUT2D eigenvalue weighted by molar-refractivity contribution is -0.188. The Morgan fingerprint density at radius 3 is 1.35 bits per heavy atom. The number of nitrogens with two attached hydrogens (primary N) is 1. The van der Waals surface area contributed by atoms with Crippen LogP contribution in [0.1, 0.15) is 73.4 Å². The number of nitrogens with zero attached hydrogens (tertiary/aromatic N) is 2. The van der Waals surface area contributed by atoms with Crippen molar-refractivity contribution in [3.8, 4) is 0 Å². The molecule has 0 atom stereocenters. The zero-order valence-corrected chi connectivity index (χ0v) is 28.6. The van der Waals surface area contributed by atoms with Gasteiger partial charge in [-0.2, -0.15) is 0 Å². The summed E-state index contributed by atoms with van der Waals surface area (Å²) in [6, 6.07) is 24.0. The molecule has 3 aromatic rings. The monoisotopic (exact) mass is 705 g/mol. The maximum atomic E-state index is 11.5. The highest BCUT2D eigenvalue weighted by Crippen LogP contribution is 2.12. The van der Waals surface area contributed by atoms with Crippen molar-refractivity contribution in [1.82, 2.24) is 20.8 Å². The molecule has 274 valence electrons. The van der Waals surface area contributed by atoms with Crippen LogP contribution < -0.4 is 16.4 Å². The van der Waals surface area contributed by atoms with Gasteiger partial charge in [-0.3, -0.25) is 28.8 Å². The highest BCUT2D eigenvalue weighted by atomic mass is 16.7. The fraction of sp³-hybridized carbons (Fsp3) is 0.324. The van der Waals surface area contributed by atoms with Gasteiger partial charge < -0.3 is 26.0 Å². The van der Waals surface area contributed by atoms with Gasteiger partial charge in [0, 0.05) is 52.2 Å². The van der Waals surface area contributed by atoms with Crippen molar-refractivity contribution in [2.75, 3.05) is 0 Å². The second-order valence-corrected chi connectivity index (χ2v) is 11.2. The van der Waals surface area contributed by atoms with Gasteiger partial charge in [-0.15, -0.1) is 10.1 Å². The average Bonchev–Trinajstić information content (AvgIpc) is 3.59. The van der Waals surface area contributed by atoms with Crippen LogP contribution in [0.25, 0.3) is 0 Å². The molecule has 2 saturated heterocycles. The first kappa shape index (κ1) is 43.1. The van der Waals surface area contributed by atoms with Crippen molar-refractivity contribution < 1.29 is 43.2 Å². The van der Waals surface area contributed by atoms with Crippen LogP contribution in [0.2, 0.25) is 0 Å². The Hall–Kier alpha value is -5.89. The second-order valence-electron chi connectivity index (χ2n) is 11.2. The van der Waals surface area contributed by atoms with Crippen LogP contribution in [-0.4, -0.2) is 52.2 Å². The van der Waals surface area contributed by atoms with E-state index in [-0.39, 0.29) is 52.0 Å². The van der Waals surface area contributed by atoms with Gasteiger partial charge in [0.1, 0.15) is 0 Å². The molecule has 0 saturated carbocycles. The van der Waals surface area contributed by atoms with Gasteiger partial charge in [-0.1, -0.05) is 96.9 Å². The molecule has 51 heavy (non-hydrogen) atoms. The number of amides is 6. The Kier molecular flexibility index (Phi) is 19.2. The summed E-state index contributed by atoms with van der Waals surface area (Å²) in [5, 5.41) is 6.22. The van der Waals surface area contributed by atoms with Gasteiger partial charge in [0.25, 0.3) is 23.6 Å². The normalized spacial score (nSPS) is 12.9. The Labute approximate surface area is 298 Å². The molecule has 0 spiro atoms. The molecule has 0 aliphatic carbocycles. The summed E-state index contributed by atoms with van der Waals surface area (Å²) in [6.45, 7) is 9.19. The largest absolute Gasteiger partial charge is 0.432 e. The van der Waals surface area contributed by atoms with Gasteiger partial charge in [0.15, 0.2) is 0 Å². The SMILES string of the molecule is C.CC(=O)NCc1ccc(C)cc1.Cc1ccc(CN)cc1.Cc1ccc(CNC(=O)ON2C(=O)CCC2=O)cc1.O=CON1C(=O)CCC1=O. The van der Waals surface area contributed by atoms with Gasteiger partial charge in [-0.05, 0) is 37.5 Å². The van der Waals surface area contributed by atoms with Crippen molar-refractivity contribution in [2.24, 2.45) is 5.73 Å². The van der Waals surface area contributed by atoms with E-state index in [1.807, 2.05) is 62.4 Å². The molecular formula is C37H47N5O9. The van der Waals surface area contributed by atoms with Crippen LogP contribution in [0.3, 0.4) is 0 Å². The fourth-order valence-electron chi connectivity index (χ4n) is 4.03. The lowest BCUT2D eigenvalue weighted by Crippen LogP contribution is -2.36. The predicted octanol–water partition coefficient (Wildman–Crippen LogP) is 4.23. The number of hydroxylamine groups is 4. The van der Waals surface area contributed by atoms with E-state index >= 15 is 0 Å². The van der Waals surface area contributed by atoms with Crippen LogP contribution in [0.5, 0.6) is 0 Å². The van der Waals surface area contributed by atoms with Crippen molar-refractivity contribution in [3.05, 3.63) is 106 Å². The standard InChI is InChI=1S/C13H14N2O4.C10H13NO.C8H11N.C5H5NO4.CH4/c1-9-2-4-10(5-3-9)8-14-13(18)19-15-11(16)6-7-12(15)17;1-8-3-5-10(6-4-8)7-11-9(2)12;1-7-2-4-8(6-9)5-3-7;7-3-10-6-4(8)1-2-5(6)9;/h2-5H,6-8H2,1H3,(H,14,18);3-6H,7H2,1-2H3,(H,11,12);2-5H,6,9H2,1H3;3H,1-2H2;1H4. The fourth-order valence-corrected chi connectivity index (χ4v) is 4.03. The Morgan fingerprint density at radius 2 is 1.00 bits per heavy atom. The summed E-state index contributed by atoms with van der Waals surface area (Å²) in [7, 11) is 0. The summed E-state index contributed by atoms with van der Waals surface area (Å²) in [4.78, 5) is 84.1. The molecule has 3 aromatic carbocycles. The van der Waals surface area contributed by atoms with E-state index in [9.17, 15) is 33.6 Å². The third-order valence-electron chi connectivity index (χ3n) is 6.91. The first-order valence-electron chi connectivity index (χ1n) is 15.7. The molecule has 2 aliphatic rings. The number of hydrogen-bond donors (Lipinski definition) is 3. The minimum atomic E-state index is -0.816. The molecule has 4 N–H and O–H groups in total. The quantitative estimate of drug-likeness (QED) is 0.226. The number of carbonyl (C=O) groups excluding carboxylic acids is 7. The van der Waals surface area contributed by atoms with Crippen LogP contribution in [0.4, 0.5) is 4.79 Å². The molecule has 0 unspecified atom stereocenters. The van der Waals surface area contributed by atoms with Crippen LogP contribution in [0.15, 0.2) is 72.8 Å². The number of benzene rings is 3. The van der Waals surface area contributed by atoms with Crippen LogP contribution >= 0.6 is 0 Å². The van der Waals surface area contributed by atoms with Gasteiger partial charge >= 0.3 is 12.6 Å². The average molecular weight is 706 g/mol. The maximum Gasteiger partial charge on any atom is 0.432 e. The van der Waals surface area contributed by atoms with E-state index in [1.54, 1.807) is 0 Å². The maximum absolute atomic E-state index is 11.5. The number of rotatable bonds is 8. The molecule has 2 aliphatic heterocycles. The summed E-state index contributed by atoms with van der Waals surface area (Å²) in [5.41, 5.74) is 12.3. The van der Waals surface area contributed by atoms with Crippen molar-refractivity contribution in [2.45, 2.75) is 80.4 Å². The van der Waals surface area contributed by atoms with Crippen molar-refractivity contribution in [1.29, 1.82) is 0 Å². The molecule has 0 aromatic heterocycles. The molecule has 0 radical (unpaired) electrons. The molecule has 14 nitrogen and oxygen atoms in total. The van der Waals surface area contributed by atoms with E-state index in [1.165, 1.54) is 23.6 Å². The molecule has 6 amide bonds. The van der Waals surface area contributed by atoms with E-state index in [0.29, 0.717) is 23.2 Å². The van der Waals surface area contributed by atoms with Gasteiger partial charge in [0.05, 0.1) is 0 Å². The molecule has 5 rings (SSSR count). The first-order chi connectivity index (χ1) is 23.8. The summed E-state index contributed by atoms with van der Waals surface area (Å²) in [6.07, 6.45) is -0.378. The second kappa shape index (κ2) is 22.7. The van der Waals surface area contributed by atoms with Gasteiger partial charge in [-0.25, -0.2) is 4.79 Å². The molecule has 2 heterocycles. The number of nitrogens with one attached hydrogen (secondary N) is 2. The number of hydrogen-bond acceptors (Lipinski definition) is 10. The highest BCUT2D eigenvalue weighted by molar-refractivity contribution is 6.01. The van der Waals surface area contributed by atoms with Crippen LogP contribution in [-0.2, 0) is 58.1 Å². The predicted molar refractivity (Wildman–Crippen MR) is 188 cm³/mol. The minimum Gasteiger partial charge on any atom is -0.352 e. The lowest BCUT2D eigenvalue weighted by atomic mass is 10.1. The van der Waals surface area contributed by atoms with E-state index < -0.39 is 29.7 Å². The highest BCUT2D eigenvalue weighted by Gasteiger charge is 2.33. The Morgan fingerprint density at radius 1 is 0.647 bits per heavy atom. The Bertz CT molecular complexity index is 1580. The van der Waals surface area contributed by atoms with E-state index in [0.717, 1.165) is 16.7 Å². The van der Waals surface area contributed by atoms with Crippen molar-refractivity contribution in [3.63, 3.8) is 0 Å². The number of imide groups is 2. The lowest BCUT2D eigenvalue weighted by Gasteiger charge is -2.13. The molecule has 0 bridgehead atoms. The third-order valence-corrected chi connectivity index (χ3v) is 6.91. The number of aryl methyl sites for hydroxylation is 3. The smallest absolute Gasteiger partial charge is 0.352 e. The van der Waals surface area contributed by atoms with E-state index in [4.69, 9.17) is 5.73 Å². The van der Waals surface area contributed by atoms with Gasteiger partial charge in [0.2, 0.25) is 5.91 Å². The van der Waals surface area contributed by atoms with Crippen molar-refractivity contribution >= 4 is 42.1 Å². The molecular weight excluding hydrogens is 658 g/mol. The summed E-state index contributed by atoms with van der Waals surface area (Å²) in [5.74, 6) is -1.89. The summed E-state index contributed by atoms with van der Waals surface area (Å²) < 4.78 is 0. The number of carbonyl (C=O) groups is 7. The zero-order chi connectivity index (χ0) is 37.1. The van der Waals surface area contributed by atoms with E-state index in [2.05, 4.69) is 51.5 Å². The first-order valence-corrected chi connectivity index (χ1v) is 15.7. The molecule has 14 heteroatoms. The topological polar surface area (TPSA) is 195 Å². The van der Waals surface area contributed by atoms with Crippen LogP contribution in [0, 0.1) is 20.8 Å². The Balaban J connectivity index is 0.000000355. The zero-order valence-electron chi connectivity index (χ0n) is 28.6.